The largest absolute Gasteiger partial charge is 0.456 e. The van der Waals surface area contributed by atoms with Crippen LogP contribution in [0.15, 0.2) is 67.1 Å². The molecule has 0 fully saturated rings. The molecular weight excluding hydrogens is 358 g/mol. The Morgan fingerprint density at radius 2 is 1.75 bits per heavy atom. The number of benzene rings is 2. The van der Waals surface area contributed by atoms with Crippen LogP contribution in [-0.2, 0) is 0 Å². The molecule has 4 aromatic rings. The van der Waals surface area contributed by atoms with Crippen molar-refractivity contribution in [3.05, 3.63) is 82.9 Å². The molecule has 28 heavy (non-hydrogen) atoms. The van der Waals surface area contributed by atoms with E-state index in [0.29, 0.717) is 28.2 Å². The topological polar surface area (TPSA) is 103 Å². The normalized spacial score (nSPS) is 10.6. The monoisotopic (exact) mass is 373 g/mol. The Hall–Kier alpha value is -4.07. The number of nitrogens with zero attached hydrogens (tertiary/aromatic N) is 4. The summed E-state index contributed by atoms with van der Waals surface area (Å²) in [5.74, 6) is 1.81. The number of aryl methyl sites for hydroxylation is 1. The van der Waals surface area contributed by atoms with Gasteiger partial charge in [-0.3, -0.25) is 15.1 Å². The summed E-state index contributed by atoms with van der Waals surface area (Å²) in [4.78, 5) is 23.2. The number of ether oxygens (including phenoxy) is 1. The molecule has 8 nitrogen and oxygen atoms in total. The van der Waals surface area contributed by atoms with Crippen LogP contribution < -0.4 is 10.1 Å². The van der Waals surface area contributed by atoms with Crippen molar-refractivity contribution in [1.29, 1.82) is 0 Å². The number of pyridine rings is 1. The first-order chi connectivity index (χ1) is 13.6. The second-order valence-corrected chi connectivity index (χ2v) is 6.07. The highest BCUT2D eigenvalue weighted by atomic mass is 16.6. The number of nitro benzene ring substituents is 1. The predicted molar refractivity (Wildman–Crippen MR) is 105 cm³/mol. The van der Waals surface area contributed by atoms with Crippen LogP contribution in [0.25, 0.3) is 10.9 Å². The Morgan fingerprint density at radius 3 is 2.46 bits per heavy atom. The number of aromatic nitrogens is 3. The number of non-ortho nitro benzene ring substituents is 1. The zero-order valence-corrected chi connectivity index (χ0v) is 14.9. The third-order valence-corrected chi connectivity index (χ3v) is 4.07. The molecule has 4 rings (SSSR count). The fourth-order valence-corrected chi connectivity index (χ4v) is 2.65. The average molecular weight is 373 g/mol. The molecule has 0 aliphatic rings. The minimum atomic E-state index is -0.442. The molecule has 8 heteroatoms. The molecule has 2 aromatic carbocycles. The lowest BCUT2D eigenvalue weighted by atomic mass is 10.2. The average Bonchev–Trinajstić information content (AvgIpc) is 2.71. The minimum absolute atomic E-state index is 0.0131. The summed E-state index contributed by atoms with van der Waals surface area (Å²) in [5, 5.41) is 14.8. The van der Waals surface area contributed by atoms with Crippen LogP contribution in [0.4, 0.5) is 17.2 Å². The smallest absolute Gasteiger partial charge is 0.270 e. The van der Waals surface area contributed by atoms with Gasteiger partial charge in [-0.15, -0.1) is 0 Å². The van der Waals surface area contributed by atoms with Gasteiger partial charge in [-0.05, 0) is 49.4 Å². The number of fused-ring (bicyclic) bond motifs is 1. The molecule has 2 aromatic heterocycles. The Morgan fingerprint density at radius 1 is 0.964 bits per heavy atom. The van der Waals surface area contributed by atoms with Crippen molar-refractivity contribution >= 4 is 28.1 Å². The summed E-state index contributed by atoms with van der Waals surface area (Å²) in [6.07, 6.45) is 3.08. The van der Waals surface area contributed by atoms with E-state index in [9.17, 15) is 10.1 Å². The van der Waals surface area contributed by atoms with E-state index in [1.807, 2.05) is 43.3 Å². The van der Waals surface area contributed by atoms with Gasteiger partial charge in [-0.2, -0.15) is 0 Å². The minimum Gasteiger partial charge on any atom is -0.456 e. The van der Waals surface area contributed by atoms with Crippen LogP contribution in [0, 0.1) is 17.0 Å². The molecule has 0 saturated carbocycles. The molecule has 0 aliphatic heterocycles. The van der Waals surface area contributed by atoms with Crippen molar-refractivity contribution in [2.45, 2.75) is 6.92 Å². The lowest BCUT2D eigenvalue weighted by Gasteiger charge is -2.10. The fraction of sp³-hybridized carbons (Fsp3) is 0.0500. The fourth-order valence-electron chi connectivity index (χ4n) is 2.65. The van der Waals surface area contributed by atoms with E-state index in [2.05, 4.69) is 20.3 Å². The summed E-state index contributed by atoms with van der Waals surface area (Å²) in [6, 6.07) is 15.5. The van der Waals surface area contributed by atoms with Gasteiger partial charge in [0, 0.05) is 28.9 Å². The second kappa shape index (κ2) is 7.28. The Balaban J connectivity index is 1.56. The number of anilines is 2. The van der Waals surface area contributed by atoms with E-state index in [-0.39, 0.29) is 5.69 Å². The molecule has 138 valence electrons. The first-order valence-corrected chi connectivity index (χ1v) is 8.45. The van der Waals surface area contributed by atoms with E-state index < -0.39 is 4.92 Å². The van der Waals surface area contributed by atoms with E-state index in [1.165, 1.54) is 18.5 Å². The first kappa shape index (κ1) is 17.3. The molecule has 0 spiro atoms. The van der Waals surface area contributed by atoms with Gasteiger partial charge in [0.15, 0.2) is 0 Å². The maximum absolute atomic E-state index is 11.0. The van der Waals surface area contributed by atoms with Crippen molar-refractivity contribution in [3.8, 4) is 11.5 Å². The molecule has 0 atom stereocenters. The molecule has 0 saturated heterocycles. The van der Waals surface area contributed by atoms with Crippen LogP contribution in [0.2, 0.25) is 0 Å². The molecular formula is C20H15N5O3. The van der Waals surface area contributed by atoms with Gasteiger partial charge in [0.1, 0.15) is 23.6 Å². The second-order valence-electron chi connectivity index (χ2n) is 6.07. The molecule has 0 bridgehead atoms. The van der Waals surface area contributed by atoms with Crippen LogP contribution in [-0.4, -0.2) is 19.9 Å². The summed E-state index contributed by atoms with van der Waals surface area (Å²) in [5.41, 5.74) is 2.29. The number of rotatable bonds is 5. The van der Waals surface area contributed by atoms with Crippen molar-refractivity contribution in [1.82, 2.24) is 15.0 Å². The third kappa shape index (κ3) is 3.70. The van der Waals surface area contributed by atoms with Gasteiger partial charge >= 0.3 is 0 Å². The molecule has 1 N–H and O–H groups in total. The highest BCUT2D eigenvalue weighted by molar-refractivity contribution is 5.92. The molecule has 0 aliphatic carbocycles. The maximum Gasteiger partial charge on any atom is 0.270 e. The van der Waals surface area contributed by atoms with Gasteiger partial charge < -0.3 is 10.1 Å². The van der Waals surface area contributed by atoms with E-state index in [4.69, 9.17) is 4.74 Å². The van der Waals surface area contributed by atoms with E-state index in [0.717, 1.165) is 11.4 Å². The highest BCUT2D eigenvalue weighted by Gasteiger charge is 2.11. The molecule has 2 heterocycles. The summed E-state index contributed by atoms with van der Waals surface area (Å²) in [6.45, 7) is 1.91. The number of hydrogen-bond acceptors (Lipinski definition) is 7. The SMILES string of the molecule is Cc1ccc(Oc2ccc(Nc3ncnc4ccc([N+](=O)[O-])cc34)cc2)cn1. The van der Waals surface area contributed by atoms with Crippen LogP contribution in [0.1, 0.15) is 5.69 Å². The zero-order chi connectivity index (χ0) is 19.5. The standard InChI is InChI=1S/C20H15N5O3/c1-13-2-6-17(11-21-13)28-16-7-3-14(4-8-16)24-20-18-10-15(25(26)27)5-9-19(18)22-12-23-20/h2-12H,1H3,(H,22,23,24). The highest BCUT2D eigenvalue weighted by Crippen LogP contribution is 2.28. The summed E-state index contributed by atoms with van der Waals surface area (Å²) >= 11 is 0. The quantitative estimate of drug-likeness (QED) is 0.397. The van der Waals surface area contributed by atoms with Crippen LogP contribution in [0.5, 0.6) is 11.5 Å². The lowest BCUT2D eigenvalue weighted by molar-refractivity contribution is -0.384. The van der Waals surface area contributed by atoms with Gasteiger partial charge in [0.2, 0.25) is 0 Å². The van der Waals surface area contributed by atoms with Gasteiger partial charge in [-0.25, -0.2) is 9.97 Å². The zero-order valence-electron chi connectivity index (χ0n) is 14.9. The van der Waals surface area contributed by atoms with Gasteiger partial charge in [0.25, 0.3) is 5.69 Å². The first-order valence-electron chi connectivity index (χ1n) is 8.45. The Bertz CT molecular complexity index is 1140. The molecule has 0 radical (unpaired) electrons. The van der Waals surface area contributed by atoms with Crippen molar-refractivity contribution in [2.75, 3.05) is 5.32 Å². The Labute approximate surface area is 160 Å². The van der Waals surface area contributed by atoms with Gasteiger partial charge in [0.05, 0.1) is 16.6 Å². The lowest BCUT2D eigenvalue weighted by Crippen LogP contribution is -1.97. The summed E-state index contributed by atoms with van der Waals surface area (Å²) < 4.78 is 5.76. The number of nitro groups is 1. The van der Waals surface area contributed by atoms with E-state index in [1.54, 1.807) is 12.3 Å². The van der Waals surface area contributed by atoms with Crippen molar-refractivity contribution < 1.29 is 9.66 Å². The number of nitrogens with one attached hydrogen (secondary N) is 1. The third-order valence-electron chi connectivity index (χ3n) is 4.07. The van der Waals surface area contributed by atoms with Crippen molar-refractivity contribution in [2.24, 2.45) is 0 Å². The maximum atomic E-state index is 11.0. The molecule has 0 unspecified atom stereocenters. The number of hydrogen-bond donors (Lipinski definition) is 1. The van der Waals surface area contributed by atoms with Crippen LogP contribution >= 0.6 is 0 Å². The van der Waals surface area contributed by atoms with E-state index >= 15 is 0 Å². The van der Waals surface area contributed by atoms with Gasteiger partial charge in [-0.1, -0.05) is 0 Å². The van der Waals surface area contributed by atoms with Crippen LogP contribution in [0.3, 0.4) is 0 Å². The predicted octanol–water partition coefficient (Wildman–Crippen LogP) is 4.78. The van der Waals surface area contributed by atoms with Crippen molar-refractivity contribution in [3.63, 3.8) is 0 Å². The summed E-state index contributed by atoms with van der Waals surface area (Å²) in [7, 11) is 0. The Kier molecular flexibility index (Phi) is 4.51. The molecule has 0 amide bonds.